The molecule has 0 saturated carbocycles. The Bertz CT molecular complexity index is 1260. The van der Waals surface area contributed by atoms with Gasteiger partial charge < -0.3 is 19.8 Å². The Morgan fingerprint density at radius 3 is 1.81 bits per heavy atom. The number of rotatable bonds is 12. The maximum absolute atomic E-state index is 12.7. The third-order valence-electron chi connectivity index (χ3n) is 6.31. The summed E-state index contributed by atoms with van der Waals surface area (Å²) >= 11 is 6.22. The highest BCUT2D eigenvalue weighted by Gasteiger charge is 2.40. The Kier molecular flexibility index (Phi) is 21.9. The third kappa shape index (κ3) is 19.6. The first-order valence-electron chi connectivity index (χ1n) is 16.9. The van der Waals surface area contributed by atoms with E-state index in [4.69, 9.17) is 26.4 Å². The van der Waals surface area contributed by atoms with Crippen molar-refractivity contribution in [1.82, 2.24) is 4.90 Å². The van der Waals surface area contributed by atoms with Crippen LogP contribution in [0.4, 0.5) is 0 Å². The van der Waals surface area contributed by atoms with Crippen molar-refractivity contribution in [2.24, 2.45) is 10.9 Å². The first-order valence-corrected chi connectivity index (χ1v) is 17.3. The van der Waals surface area contributed by atoms with Crippen molar-refractivity contribution in [1.29, 1.82) is 0 Å². The minimum Gasteiger partial charge on any atom is -0.478 e. The Hall–Kier alpha value is -3.23. The number of halogens is 1. The monoisotopic (exact) mass is 690 g/mol. The van der Waals surface area contributed by atoms with Crippen LogP contribution in [0.2, 0.25) is 5.02 Å². The lowest BCUT2D eigenvalue weighted by Crippen LogP contribution is -2.50. The number of nitrogens with zero attached hydrogens (tertiary/aromatic N) is 2. The lowest BCUT2D eigenvalue weighted by atomic mass is 9.88. The number of ether oxygens (including phenoxy) is 1. The number of esters is 1. The summed E-state index contributed by atoms with van der Waals surface area (Å²) in [5, 5.41) is 18.4. The van der Waals surface area contributed by atoms with Gasteiger partial charge in [-0.2, -0.15) is 0 Å². The number of amides is 1. The summed E-state index contributed by atoms with van der Waals surface area (Å²) in [4.78, 5) is 41.3. The normalized spacial score (nSPS) is 13.2. The number of hydrogen-bond donors (Lipinski definition) is 2. The second-order valence-corrected chi connectivity index (χ2v) is 14.2. The van der Waals surface area contributed by atoms with Gasteiger partial charge in [-0.05, 0) is 109 Å². The largest absolute Gasteiger partial charge is 0.478 e. The van der Waals surface area contributed by atoms with Crippen LogP contribution in [0.1, 0.15) is 150 Å². The van der Waals surface area contributed by atoms with Crippen LogP contribution in [0.15, 0.2) is 53.5 Å². The average molecular weight is 691 g/mol. The van der Waals surface area contributed by atoms with Gasteiger partial charge in [-0.15, -0.1) is 0 Å². The number of carboxylic acid groups (broad SMARTS) is 1. The SMILES string of the molecule is CC.CC(=O)OC(C)(C)C.CC(C)(C)O.CCCC(CC(C)C)(/N=C(\C)c1cccc(Cl)c1)N(C=O)C(CC)c1ccc(C(=O)O)cc1. The predicted octanol–water partition coefficient (Wildman–Crippen LogP) is 10.2. The number of aliphatic hydroxyl groups is 1. The first kappa shape index (κ1) is 46.9. The lowest BCUT2D eigenvalue weighted by molar-refractivity contribution is -0.151. The van der Waals surface area contributed by atoms with Crippen molar-refractivity contribution in [2.45, 2.75) is 146 Å². The van der Waals surface area contributed by atoms with E-state index >= 15 is 0 Å². The molecule has 2 rings (SSSR count). The second-order valence-electron chi connectivity index (χ2n) is 13.8. The topological polar surface area (TPSA) is 117 Å². The second kappa shape index (κ2) is 22.4. The minimum absolute atomic E-state index is 0.225. The van der Waals surface area contributed by atoms with Gasteiger partial charge in [-0.25, -0.2) is 4.79 Å². The highest BCUT2D eigenvalue weighted by molar-refractivity contribution is 6.31. The zero-order valence-electron chi connectivity index (χ0n) is 32.0. The summed E-state index contributed by atoms with van der Waals surface area (Å²) in [7, 11) is 0. The Morgan fingerprint density at radius 1 is 0.958 bits per heavy atom. The maximum atomic E-state index is 12.7. The fourth-order valence-electron chi connectivity index (χ4n) is 4.97. The molecule has 0 bridgehead atoms. The zero-order valence-corrected chi connectivity index (χ0v) is 32.7. The standard InChI is InChI=1S/C27H35ClN2O3.C6H12O2.C4H10O.C2H6/c1-6-15-27(17-19(3)4,29-20(5)23-9-8-10-24(28)16-23)30(18-31)25(7-2)21-11-13-22(14-12-21)26(32)33;1-5(7)8-6(2,3)4;1-4(2,3)5;1-2/h8-14,16,18-19,25H,6-7,15,17H2,1-5H3,(H,32,33);1-4H3;5H,1-3H3;1-2H3/b29-20+;;;. The molecule has 2 aromatic carbocycles. The summed E-state index contributed by atoms with van der Waals surface area (Å²) in [5.74, 6) is -0.886. The van der Waals surface area contributed by atoms with Crippen LogP contribution in [0, 0.1) is 5.92 Å². The molecule has 0 aliphatic carbocycles. The van der Waals surface area contributed by atoms with Gasteiger partial charge in [-0.1, -0.05) is 83.8 Å². The molecule has 0 fully saturated rings. The first-order chi connectivity index (χ1) is 22.1. The lowest BCUT2D eigenvalue weighted by Gasteiger charge is -2.45. The van der Waals surface area contributed by atoms with Crippen molar-refractivity contribution in [3.63, 3.8) is 0 Å². The van der Waals surface area contributed by atoms with Gasteiger partial charge in [0.1, 0.15) is 11.3 Å². The Balaban J connectivity index is 0. The molecule has 2 atom stereocenters. The number of aliphatic imine (C=N–C) groups is 1. The minimum atomic E-state index is -0.969. The highest BCUT2D eigenvalue weighted by Crippen LogP contribution is 2.38. The molecule has 2 N–H and O–H groups in total. The van der Waals surface area contributed by atoms with E-state index in [0.717, 1.165) is 29.7 Å². The van der Waals surface area contributed by atoms with Gasteiger partial charge in [-0.3, -0.25) is 14.6 Å². The van der Waals surface area contributed by atoms with E-state index in [1.54, 1.807) is 45.0 Å². The molecule has 48 heavy (non-hydrogen) atoms. The van der Waals surface area contributed by atoms with Gasteiger partial charge in [0.2, 0.25) is 6.41 Å². The molecule has 0 saturated heterocycles. The van der Waals surface area contributed by atoms with Crippen LogP contribution in [-0.4, -0.2) is 56.0 Å². The number of benzene rings is 2. The van der Waals surface area contributed by atoms with Crippen LogP contribution < -0.4 is 0 Å². The van der Waals surface area contributed by atoms with Gasteiger partial charge in [0.25, 0.3) is 0 Å². The number of carbonyl (C=O) groups excluding carboxylic acids is 2. The van der Waals surface area contributed by atoms with Gasteiger partial charge in [0, 0.05) is 17.7 Å². The van der Waals surface area contributed by atoms with Gasteiger partial charge in [0.15, 0.2) is 0 Å². The summed E-state index contributed by atoms with van der Waals surface area (Å²) in [6, 6.07) is 14.1. The predicted molar refractivity (Wildman–Crippen MR) is 200 cm³/mol. The molecule has 0 aromatic heterocycles. The van der Waals surface area contributed by atoms with Crippen LogP contribution in [0.3, 0.4) is 0 Å². The molecule has 2 aromatic rings. The molecule has 272 valence electrons. The molecule has 2 unspecified atom stereocenters. The van der Waals surface area contributed by atoms with Crippen molar-refractivity contribution in [2.75, 3.05) is 0 Å². The van der Waals surface area contributed by atoms with E-state index in [9.17, 15) is 19.5 Å². The molecule has 0 heterocycles. The molecular weight excluding hydrogens is 628 g/mol. The van der Waals surface area contributed by atoms with Gasteiger partial charge in [0.05, 0.1) is 17.2 Å². The third-order valence-corrected chi connectivity index (χ3v) is 6.55. The molecular formula is C39H63ClN2O6. The molecule has 1 amide bonds. The Morgan fingerprint density at radius 2 is 1.48 bits per heavy atom. The fraction of sp³-hybridized carbons (Fsp3) is 0.590. The van der Waals surface area contributed by atoms with Crippen molar-refractivity contribution in [3.8, 4) is 0 Å². The molecule has 0 spiro atoms. The van der Waals surface area contributed by atoms with Gasteiger partial charge >= 0.3 is 11.9 Å². The van der Waals surface area contributed by atoms with Crippen molar-refractivity contribution in [3.05, 3.63) is 70.2 Å². The van der Waals surface area contributed by atoms with E-state index in [0.29, 0.717) is 30.2 Å². The van der Waals surface area contributed by atoms with E-state index in [1.807, 2.05) is 77.6 Å². The van der Waals surface area contributed by atoms with Crippen molar-refractivity contribution < 1.29 is 29.3 Å². The Labute approximate surface area is 296 Å². The number of aromatic carboxylic acids is 1. The molecule has 9 heteroatoms. The summed E-state index contributed by atoms with van der Waals surface area (Å²) in [5.41, 5.74) is 1.32. The maximum Gasteiger partial charge on any atom is 0.335 e. The van der Waals surface area contributed by atoms with E-state index in [-0.39, 0.29) is 23.2 Å². The highest BCUT2D eigenvalue weighted by atomic mass is 35.5. The number of hydrogen-bond acceptors (Lipinski definition) is 6. The smallest absolute Gasteiger partial charge is 0.335 e. The van der Waals surface area contributed by atoms with E-state index in [2.05, 4.69) is 20.8 Å². The number of carbonyl (C=O) groups is 3. The van der Waals surface area contributed by atoms with E-state index < -0.39 is 17.2 Å². The quantitative estimate of drug-likeness (QED) is 0.130. The van der Waals surface area contributed by atoms with Crippen LogP contribution in [0.5, 0.6) is 0 Å². The molecule has 0 aliphatic rings. The summed E-state index contributed by atoms with van der Waals surface area (Å²) in [6.07, 6.45) is 3.87. The summed E-state index contributed by atoms with van der Waals surface area (Å²) in [6.45, 7) is 26.5. The van der Waals surface area contributed by atoms with Crippen LogP contribution >= 0.6 is 11.6 Å². The summed E-state index contributed by atoms with van der Waals surface area (Å²) < 4.78 is 4.80. The molecule has 0 aliphatic heterocycles. The zero-order chi connectivity index (χ0) is 37.9. The fourth-order valence-corrected chi connectivity index (χ4v) is 5.16. The molecule has 8 nitrogen and oxygen atoms in total. The van der Waals surface area contributed by atoms with E-state index in [1.165, 1.54) is 6.92 Å². The van der Waals surface area contributed by atoms with Crippen LogP contribution in [0.25, 0.3) is 0 Å². The molecule has 0 radical (unpaired) electrons. The number of carboxylic acids is 1. The average Bonchev–Trinajstić information content (AvgIpc) is 2.94. The van der Waals surface area contributed by atoms with Crippen LogP contribution in [-0.2, 0) is 14.3 Å². The van der Waals surface area contributed by atoms with Crippen molar-refractivity contribution >= 4 is 35.7 Å².